The van der Waals surface area contributed by atoms with Crippen molar-refractivity contribution in [2.75, 3.05) is 40.5 Å². The first-order valence-electron chi connectivity index (χ1n) is 8.06. The van der Waals surface area contributed by atoms with Crippen LogP contribution < -0.4 is 9.47 Å². The molecule has 1 aromatic rings. The third kappa shape index (κ3) is 8.47. The lowest BCUT2D eigenvalue weighted by molar-refractivity contribution is 0.0745. The first kappa shape index (κ1) is 20.7. The molecular weight excluding hydrogens is 314 g/mol. The monoisotopic (exact) mass is 343 g/mol. The summed E-state index contributed by atoms with van der Waals surface area (Å²) in [5.74, 6) is 1.24. The van der Waals surface area contributed by atoms with Crippen LogP contribution in [0.3, 0.4) is 0 Å². The van der Waals surface area contributed by atoms with Crippen LogP contribution >= 0.6 is 0 Å². The molecule has 4 N–H and O–H groups in total. The van der Waals surface area contributed by atoms with Crippen molar-refractivity contribution in [3.8, 4) is 11.5 Å². The maximum atomic E-state index is 9.35. The van der Waals surface area contributed by atoms with E-state index in [1.54, 1.807) is 6.07 Å². The molecule has 7 nitrogen and oxygen atoms in total. The second-order valence-electron chi connectivity index (χ2n) is 6.00. The van der Waals surface area contributed by atoms with Crippen LogP contribution in [0.4, 0.5) is 0 Å². The molecule has 0 radical (unpaired) electrons. The molecule has 0 heterocycles. The average Bonchev–Trinajstić information content (AvgIpc) is 2.53. The van der Waals surface area contributed by atoms with E-state index in [0.717, 1.165) is 5.56 Å². The quantitative estimate of drug-likeness (QED) is 0.423. The molecule has 0 saturated carbocycles. The normalized spacial score (nSPS) is 13.8. The highest BCUT2D eigenvalue weighted by molar-refractivity contribution is 5.38. The zero-order valence-electron chi connectivity index (χ0n) is 14.4. The Morgan fingerprint density at radius 2 is 1.33 bits per heavy atom. The first-order valence-corrected chi connectivity index (χ1v) is 8.06. The van der Waals surface area contributed by atoms with Crippen LogP contribution in [0.15, 0.2) is 18.2 Å². The summed E-state index contributed by atoms with van der Waals surface area (Å²) in [6.07, 6.45) is -0.892. The number of aliphatic hydroxyl groups excluding tert-OH is 4. The van der Waals surface area contributed by atoms with Crippen LogP contribution in [0.25, 0.3) is 0 Å². The Morgan fingerprint density at radius 3 is 1.71 bits per heavy atom. The molecule has 2 atom stereocenters. The standard InChI is InChI=1S/C17H29NO6/c1-18(2)10-13-7-16(23-5-3-14(21)11-19)9-17(8-13)24-6-4-15(22)12-20/h7-9,14-15,19-22H,3-6,10-12H2,1-2H3. The molecule has 1 aromatic carbocycles. The van der Waals surface area contributed by atoms with E-state index in [9.17, 15) is 10.2 Å². The van der Waals surface area contributed by atoms with Crippen molar-refractivity contribution in [1.82, 2.24) is 4.90 Å². The lowest BCUT2D eigenvalue weighted by atomic mass is 10.2. The minimum Gasteiger partial charge on any atom is -0.493 e. The summed E-state index contributed by atoms with van der Waals surface area (Å²) in [7, 11) is 3.92. The average molecular weight is 343 g/mol. The van der Waals surface area contributed by atoms with E-state index >= 15 is 0 Å². The topological polar surface area (TPSA) is 103 Å². The van der Waals surface area contributed by atoms with Crippen LogP contribution in [0.2, 0.25) is 0 Å². The van der Waals surface area contributed by atoms with Gasteiger partial charge in [0.1, 0.15) is 11.5 Å². The lowest BCUT2D eigenvalue weighted by Gasteiger charge is -2.16. The molecule has 0 amide bonds. The highest BCUT2D eigenvalue weighted by Gasteiger charge is 2.08. The van der Waals surface area contributed by atoms with E-state index in [4.69, 9.17) is 19.7 Å². The molecule has 0 aliphatic heterocycles. The smallest absolute Gasteiger partial charge is 0.123 e. The van der Waals surface area contributed by atoms with Gasteiger partial charge in [-0.25, -0.2) is 0 Å². The molecule has 0 spiro atoms. The zero-order valence-corrected chi connectivity index (χ0v) is 14.4. The Balaban J connectivity index is 2.68. The first-order chi connectivity index (χ1) is 11.4. The SMILES string of the molecule is CN(C)Cc1cc(OCCC(O)CO)cc(OCCC(O)CO)c1. The molecule has 0 bridgehead atoms. The minimum absolute atomic E-state index is 0.286. The molecule has 1 rings (SSSR count). The summed E-state index contributed by atoms with van der Waals surface area (Å²) < 4.78 is 11.3. The van der Waals surface area contributed by atoms with E-state index in [-0.39, 0.29) is 26.4 Å². The third-order valence-electron chi connectivity index (χ3n) is 3.30. The van der Waals surface area contributed by atoms with Gasteiger partial charge in [0, 0.05) is 25.5 Å². The molecule has 24 heavy (non-hydrogen) atoms. The highest BCUT2D eigenvalue weighted by Crippen LogP contribution is 2.24. The van der Waals surface area contributed by atoms with Crippen molar-refractivity contribution in [1.29, 1.82) is 0 Å². The second kappa shape index (κ2) is 11.2. The van der Waals surface area contributed by atoms with Gasteiger partial charge in [-0.15, -0.1) is 0 Å². The fraction of sp³-hybridized carbons (Fsp3) is 0.647. The fourth-order valence-electron chi connectivity index (χ4n) is 2.06. The summed E-state index contributed by atoms with van der Waals surface area (Å²) in [4.78, 5) is 2.02. The van der Waals surface area contributed by atoms with Gasteiger partial charge in [0.25, 0.3) is 0 Å². The Morgan fingerprint density at radius 1 is 0.875 bits per heavy atom. The molecule has 2 unspecified atom stereocenters. The van der Waals surface area contributed by atoms with Crippen molar-refractivity contribution in [3.63, 3.8) is 0 Å². The van der Waals surface area contributed by atoms with Gasteiger partial charge < -0.3 is 34.8 Å². The Kier molecular flexibility index (Phi) is 9.66. The maximum absolute atomic E-state index is 9.35. The Bertz CT molecular complexity index is 434. The highest BCUT2D eigenvalue weighted by atomic mass is 16.5. The van der Waals surface area contributed by atoms with Crippen LogP contribution in [-0.4, -0.2) is 78.1 Å². The predicted molar refractivity (Wildman–Crippen MR) is 90.2 cm³/mol. The van der Waals surface area contributed by atoms with E-state index in [1.807, 2.05) is 31.1 Å². The summed E-state index contributed by atoms with van der Waals surface area (Å²) in [6.45, 7) is 0.717. The number of nitrogens with zero attached hydrogens (tertiary/aromatic N) is 1. The summed E-state index contributed by atoms with van der Waals surface area (Å²) >= 11 is 0. The molecule has 7 heteroatoms. The van der Waals surface area contributed by atoms with Crippen LogP contribution in [-0.2, 0) is 6.54 Å². The number of benzene rings is 1. The Hall–Kier alpha value is -1.38. The molecule has 138 valence electrons. The molecule has 0 saturated heterocycles. The summed E-state index contributed by atoms with van der Waals surface area (Å²) in [5.41, 5.74) is 1.01. The van der Waals surface area contributed by atoms with Crippen molar-refractivity contribution >= 4 is 0 Å². The van der Waals surface area contributed by atoms with Gasteiger partial charge in [-0.3, -0.25) is 0 Å². The van der Waals surface area contributed by atoms with Crippen LogP contribution in [0, 0.1) is 0 Å². The summed E-state index contributed by atoms with van der Waals surface area (Å²) in [5, 5.41) is 36.3. The molecule has 0 aliphatic rings. The van der Waals surface area contributed by atoms with E-state index in [0.29, 0.717) is 30.9 Å². The number of aliphatic hydroxyl groups is 4. The Labute approximate surface area is 143 Å². The van der Waals surface area contributed by atoms with Crippen molar-refractivity contribution < 1.29 is 29.9 Å². The van der Waals surface area contributed by atoms with Gasteiger partial charge in [-0.2, -0.15) is 0 Å². The van der Waals surface area contributed by atoms with Crippen LogP contribution in [0.5, 0.6) is 11.5 Å². The van der Waals surface area contributed by atoms with Gasteiger partial charge in [-0.1, -0.05) is 0 Å². The molecular formula is C17H29NO6. The maximum Gasteiger partial charge on any atom is 0.123 e. The third-order valence-corrected chi connectivity index (χ3v) is 3.30. The number of ether oxygens (including phenoxy) is 2. The van der Waals surface area contributed by atoms with E-state index in [2.05, 4.69) is 0 Å². The van der Waals surface area contributed by atoms with Gasteiger partial charge >= 0.3 is 0 Å². The molecule has 0 aliphatic carbocycles. The number of hydrogen-bond donors (Lipinski definition) is 4. The number of rotatable bonds is 12. The zero-order chi connectivity index (χ0) is 17.9. The lowest BCUT2D eigenvalue weighted by Crippen LogP contribution is -2.16. The number of hydrogen-bond acceptors (Lipinski definition) is 7. The summed E-state index contributed by atoms with van der Waals surface area (Å²) in [6, 6.07) is 5.55. The predicted octanol–water partition coefficient (Wildman–Crippen LogP) is -0.00760. The van der Waals surface area contributed by atoms with Crippen LogP contribution in [0.1, 0.15) is 18.4 Å². The van der Waals surface area contributed by atoms with Crippen molar-refractivity contribution in [2.45, 2.75) is 31.6 Å². The van der Waals surface area contributed by atoms with Crippen molar-refractivity contribution in [3.05, 3.63) is 23.8 Å². The molecule has 0 aromatic heterocycles. The minimum atomic E-state index is -0.786. The largest absolute Gasteiger partial charge is 0.493 e. The van der Waals surface area contributed by atoms with Gasteiger partial charge in [0.05, 0.1) is 38.6 Å². The second-order valence-corrected chi connectivity index (χ2v) is 6.00. The van der Waals surface area contributed by atoms with E-state index in [1.165, 1.54) is 0 Å². The van der Waals surface area contributed by atoms with Gasteiger partial charge in [0.2, 0.25) is 0 Å². The van der Waals surface area contributed by atoms with Gasteiger partial charge in [0.15, 0.2) is 0 Å². The molecule has 0 fully saturated rings. The van der Waals surface area contributed by atoms with Crippen molar-refractivity contribution in [2.24, 2.45) is 0 Å². The van der Waals surface area contributed by atoms with E-state index < -0.39 is 12.2 Å². The fourth-order valence-corrected chi connectivity index (χ4v) is 2.06. The van der Waals surface area contributed by atoms with Gasteiger partial charge in [-0.05, 0) is 31.8 Å².